The van der Waals surface area contributed by atoms with E-state index in [9.17, 15) is 68.7 Å². The number of nitrogens with zero attached hydrogens (tertiary/aromatic N) is 6. The molecule has 0 spiro atoms. The number of aromatic nitrogens is 5. The Morgan fingerprint density at radius 1 is 0.796 bits per heavy atom. The second kappa shape index (κ2) is 33.7. The number of benzene rings is 4. The van der Waals surface area contributed by atoms with E-state index in [4.69, 9.17) is 33.4 Å². The van der Waals surface area contributed by atoms with Crippen LogP contribution in [0.15, 0.2) is 83.7 Å². The number of hydrogen-bond donors (Lipinski definition) is 10. The number of amides is 6. The Bertz CT molecular complexity index is 4700. The molecule has 10 N–H and O–H groups in total. The molecule has 0 radical (unpaired) electrons. The fraction of sp³-hybridized carbons (Fsp3) is 0.447. The van der Waals surface area contributed by atoms with Gasteiger partial charge >= 0.3 is 18.0 Å². The van der Waals surface area contributed by atoms with E-state index >= 15 is 4.39 Å². The number of carboxylic acid groups (broad SMARTS) is 1. The number of methoxy groups -OCH3 is 1. The fourth-order valence-corrected chi connectivity index (χ4v) is 14.5. The van der Waals surface area contributed by atoms with Crippen LogP contribution in [0.2, 0.25) is 0 Å². The van der Waals surface area contributed by atoms with E-state index in [1.165, 1.54) is 34.9 Å². The molecule has 6 amide bonds. The number of carboxylic acids is 1. The average molecular weight is 1490 g/mol. The minimum atomic E-state index is -2.11. The molecule has 12 rings (SSSR count). The highest BCUT2D eigenvalue weighted by Crippen LogP contribution is 2.47. The third-order valence-electron chi connectivity index (χ3n) is 20.4. The van der Waals surface area contributed by atoms with Crippen LogP contribution in [-0.2, 0) is 109 Å². The number of aliphatic hydroxyl groups is 4. The lowest BCUT2D eigenvalue weighted by Gasteiger charge is -2.38. The van der Waals surface area contributed by atoms with Crippen molar-refractivity contribution < 1.29 is 96.7 Å². The average Bonchev–Trinajstić information content (AvgIpc) is 1.52. The third kappa shape index (κ3) is 16.3. The van der Waals surface area contributed by atoms with Crippen LogP contribution in [0.3, 0.4) is 0 Å². The van der Waals surface area contributed by atoms with Crippen LogP contribution in [0.5, 0.6) is 5.75 Å². The van der Waals surface area contributed by atoms with E-state index in [0.717, 1.165) is 22.4 Å². The van der Waals surface area contributed by atoms with E-state index in [1.807, 2.05) is 48.5 Å². The minimum absolute atomic E-state index is 0.0207. The number of anilines is 1. The molecule has 31 nitrogen and oxygen atoms in total. The van der Waals surface area contributed by atoms with Crippen molar-refractivity contribution in [1.29, 1.82) is 0 Å². The molecule has 3 aromatic heterocycles. The lowest BCUT2D eigenvalue weighted by Crippen LogP contribution is -2.61. The van der Waals surface area contributed by atoms with Gasteiger partial charge in [-0.25, -0.2) is 28.4 Å². The molecule has 8 atom stereocenters. The summed E-state index contributed by atoms with van der Waals surface area (Å²) in [7, 11) is 3.34. The number of para-hydroxylation sites is 1. The van der Waals surface area contributed by atoms with Crippen LogP contribution in [0.4, 0.5) is 14.9 Å². The highest BCUT2D eigenvalue weighted by molar-refractivity contribution is 6.00. The van der Waals surface area contributed by atoms with E-state index < -0.39 is 102 Å². The molecule has 572 valence electrons. The Labute approximate surface area is 618 Å². The Kier molecular flexibility index (Phi) is 24.0. The summed E-state index contributed by atoms with van der Waals surface area (Å²) in [5.41, 5.74) is 5.69. The number of alkyl carbamates (subject to hydrolysis) is 1. The molecule has 5 aliphatic rings. The lowest BCUT2D eigenvalue weighted by molar-refractivity contribution is -0.271. The van der Waals surface area contributed by atoms with Crippen LogP contribution in [-0.4, -0.2) is 174 Å². The summed E-state index contributed by atoms with van der Waals surface area (Å²) in [6, 6.07) is 20.5. The van der Waals surface area contributed by atoms with E-state index in [1.54, 1.807) is 37.6 Å². The summed E-state index contributed by atoms with van der Waals surface area (Å²) in [6.45, 7) is 3.34. The van der Waals surface area contributed by atoms with Crippen molar-refractivity contribution in [3.63, 3.8) is 0 Å². The zero-order chi connectivity index (χ0) is 76.7. The maximum Gasteiger partial charge on any atom is 0.407 e. The summed E-state index contributed by atoms with van der Waals surface area (Å²) >= 11 is 0. The van der Waals surface area contributed by atoms with Gasteiger partial charge in [0.25, 0.3) is 5.56 Å². The maximum atomic E-state index is 15.7. The molecule has 1 saturated heterocycles. The van der Waals surface area contributed by atoms with Crippen molar-refractivity contribution in [1.82, 2.24) is 51.1 Å². The van der Waals surface area contributed by atoms with E-state index in [2.05, 4.69) is 36.9 Å². The van der Waals surface area contributed by atoms with Crippen LogP contribution >= 0.6 is 0 Å². The highest BCUT2D eigenvalue weighted by Gasteiger charge is 2.49. The van der Waals surface area contributed by atoms with Gasteiger partial charge in [-0.2, -0.15) is 0 Å². The summed E-state index contributed by atoms with van der Waals surface area (Å²) in [5, 5.41) is 76.8. The first-order valence-corrected chi connectivity index (χ1v) is 36.0. The molecule has 7 heterocycles. The number of aliphatic carboxylic acids is 1. The van der Waals surface area contributed by atoms with Crippen molar-refractivity contribution in [3.8, 4) is 39.7 Å². The highest BCUT2D eigenvalue weighted by atomic mass is 19.1. The van der Waals surface area contributed by atoms with Crippen LogP contribution in [0.25, 0.3) is 44.8 Å². The number of unbranched alkanes of at least 4 members (excludes halogenated alkanes) is 2. The number of ether oxygens (including phenoxy) is 6. The van der Waals surface area contributed by atoms with Crippen molar-refractivity contribution in [3.05, 3.63) is 145 Å². The van der Waals surface area contributed by atoms with E-state index in [-0.39, 0.29) is 136 Å². The molecule has 8 unspecified atom stereocenters. The third-order valence-corrected chi connectivity index (χ3v) is 20.4. The molecule has 0 bridgehead atoms. The standard InChI is InChI=1S/C76H86FN11O20/c1-5-76(102)49-33-55-63-47(37-88(55)71(97)48(49)39-105-74(76)100)62-51(23-22-44-40(2)50(77)34-53(82-63)61(44)62)83-75(101)106-38-41-21-24-56(107-73-68(95)66(93)67(94)69(108-73)72(98)99)43(32-41)35-80-57(89)25-28-79-70(96)52(17-12-13-27-78-58(90)26-29-104-31-30-103-4)81-59(91)19-10-11-20-60(92)87-36-42-14-6-7-15-45(42)64-65(86(3)85-84-64)46-16-8-9-18-54(46)87/h6-9,14-16,18,21,24,32-34,51-52,66-69,73,93-95,102H,5,10-13,17,19-20,22-23,25-31,35-39H2,1-4H3,(H,78,90)(H,79,96)(H,80,89)(H,81,91)(H,83,101)(H,98,99). The van der Waals surface area contributed by atoms with Gasteiger partial charge in [-0.15, -0.1) is 5.10 Å². The number of aryl methyl sites for hydroxylation is 2. The topological polar surface area (TPSA) is 422 Å². The molecule has 32 heteroatoms. The summed E-state index contributed by atoms with van der Waals surface area (Å²) in [5.74, 6) is -5.25. The molecule has 1 fully saturated rings. The number of carbonyl (C=O) groups is 8. The fourth-order valence-electron chi connectivity index (χ4n) is 14.5. The van der Waals surface area contributed by atoms with Gasteiger partial charge in [0.15, 0.2) is 11.7 Å². The van der Waals surface area contributed by atoms with Crippen LogP contribution < -0.4 is 41.8 Å². The van der Waals surface area contributed by atoms with Crippen molar-refractivity contribution in [2.75, 3.05) is 44.9 Å². The van der Waals surface area contributed by atoms with E-state index in [0.29, 0.717) is 95.6 Å². The number of esters is 1. The number of fused-ring (bicyclic) bond motifs is 10. The van der Waals surface area contributed by atoms with Gasteiger partial charge in [-0.3, -0.25) is 28.8 Å². The Balaban J connectivity index is 0.697. The van der Waals surface area contributed by atoms with Crippen molar-refractivity contribution in [2.24, 2.45) is 7.05 Å². The molecular formula is C76H86FN11O20. The maximum absolute atomic E-state index is 15.7. The summed E-state index contributed by atoms with van der Waals surface area (Å²) in [4.78, 5) is 128. The number of rotatable bonds is 30. The first-order chi connectivity index (χ1) is 52.0. The number of hydrogen-bond acceptors (Lipinski definition) is 22. The first-order valence-electron chi connectivity index (χ1n) is 36.0. The van der Waals surface area contributed by atoms with Crippen LogP contribution in [0.1, 0.15) is 134 Å². The number of aliphatic hydroxyl groups excluding tert-OH is 3. The smallest absolute Gasteiger partial charge is 0.407 e. The van der Waals surface area contributed by atoms with Gasteiger partial charge in [0, 0.05) is 98.7 Å². The predicted octanol–water partition coefficient (Wildman–Crippen LogP) is 4.23. The van der Waals surface area contributed by atoms with Crippen LogP contribution in [0, 0.1) is 12.7 Å². The second-order valence-corrected chi connectivity index (χ2v) is 27.3. The quantitative estimate of drug-likeness (QED) is 0.0222. The van der Waals surface area contributed by atoms with Gasteiger partial charge in [-0.05, 0) is 110 Å². The number of pyridine rings is 2. The van der Waals surface area contributed by atoms with Gasteiger partial charge in [0.2, 0.25) is 35.8 Å². The largest absolute Gasteiger partial charge is 0.479 e. The minimum Gasteiger partial charge on any atom is -0.479 e. The van der Waals surface area contributed by atoms with Gasteiger partial charge in [0.05, 0.1) is 72.8 Å². The van der Waals surface area contributed by atoms with Gasteiger partial charge < -0.3 is 90.0 Å². The predicted molar refractivity (Wildman–Crippen MR) is 382 cm³/mol. The number of halogens is 1. The normalized spacial score (nSPS) is 19.7. The Hall–Kier alpha value is -10.6. The first kappa shape index (κ1) is 77.0. The molecule has 7 aromatic rings. The zero-order valence-corrected chi connectivity index (χ0v) is 60.0. The summed E-state index contributed by atoms with van der Waals surface area (Å²) < 4.78 is 51.6. The van der Waals surface area contributed by atoms with Crippen molar-refractivity contribution in [2.45, 2.75) is 172 Å². The molecule has 108 heavy (non-hydrogen) atoms. The SMILES string of the molecule is CCC1(O)C(=O)OCc2c1cc1n(c2=O)Cc2c-1nc1cc(F)c(C)c3c1c2C(NC(=O)OCc1ccc(OC2OC(C(=O)O)C(O)C(O)C2O)c(CNC(=O)CCNC(=O)C(CCCCNC(=O)CCOCCOC)NC(=O)CCCCC(=O)N2Cc4ccccc4-c4nnn(C)c4-c4ccccc42)c1)CC3. The number of carbonyl (C=O) groups excluding carboxylic acids is 7. The Morgan fingerprint density at radius 3 is 2.35 bits per heavy atom. The van der Waals surface area contributed by atoms with Gasteiger partial charge in [0.1, 0.15) is 54.8 Å². The zero-order valence-electron chi connectivity index (χ0n) is 60.0. The molecule has 4 aliphatic heterocycles. The molecule has 4 aromatic carbocycles. The molecule has 0 saturated carbocycles. The second-order valence-electron chi connectivity index (χ2n) is 27.3. The monoisotopic (exact) mass is 1490 g/mol. The summed E-state index contributed by atoms with van der Waals surface area (Å²) in [6.07, 6.45) is -8.84. The molecular weight excluding hydrogens is 1410 g/mol. The Morgan fingerprint density at radius 2 is 1.56 bits per heavy atom. The lowest BCUT2D eigenvalue weighted by atomic mass is 9.81. The van der Waals surface area contributed by atoms with Gasteiger partial charge in [-0.1, -0.05) is 60.7 Å². The van der Waals surface area contributed by atoms with Crippen molar-refractivity contribution >= 4 is 64.2 Å². The number of cyclic esters (lactones) is 1. The number of nitrogens with one attached hydrogen (secondary N) is 5. The molecule has 1 aliphatic carbocycles.